The highest BCUT2D eigenvalue weighted by Gasteiger charge is 2.21. The molecule has 1 heterocycles. The molecular weight excluding hydrogens is 254 g/mol. The number of hydrogen-bond donors (Lipinski definition) is 3. The molecule has 0 aliphatic heterocycles. The average Bonchev–Trinajstić information content (AvgIpc) is 2.89. The largest absolute Gasteiger partial charge is 0.393 e. The van der Waals surface area contributed by atoms with Gasteiger partial charge in [-0.25, -0.2) is 4.98 Å². The lowest BCUT2D eigenvalue weighted by Gasteiger charge is -2.17. The zero-order chi connectivity index (χ0) is 14.5. The van der Waals surface area contributed by atoms with Gasteiger partial charge in [0.25, 0.3) is 5.91 Å². The highest BCUT2D eigenvalue weighted by atomic mass is 16.3. The number of aryl methyl sites for hydroxylation is 1. The number of carbonyl (C=O) groups excluding carboxylic acids is 1. The van der Waals surface area contributed by atoms with Crippen molar-refractivity contribution in [2.24, 2.45) is 5.73 Å². The zero-order valence-corrected chi connectivity index (χ0v) is 11.4. The first-order valence-corrected chi connectivity index (χ1v) is 6.65. The molecule has 0 fully saturated rings. The molecule has 0 spiro atoms. The minimum Gasteiger partial charge on any atom is -0.393 e. The van der Waals surface area contributed by atoms with Gasteiger partial charge < -0.3 is 15.8 Å². The van der Waals surface area contributed by atoms with Gasteiger partial charge in [-0.2, -0.15) is 0 Å². The Labute approximate surface area is 117 Å². The van der Waals surface area contributed by atoms with E-state index in [-0.39, 0.29) is 11.6 Å². The Kier molecular flexibility index (Phi) is 4.53. The third-order valence-corrected chi connectivity index (χ3v) is 3.37. The molecule has 1 aromatic carbocycles. The van der Waals surface area contributed by atoms with E-state index in [9.17, 15) is 9.90 Å². The van der Waals surface area contributed by atoms with Crippen molar-refractivity contribution in [2.45, 2.75) is 31.8 Å². The van der Waals surface area contributed by atoms with Gasteiger partial charge in [-0.15, -0.1) is 0 Å². The van der Waals surface area contributed by atoms with Crippen LogP contribution in [-0.4, -0.2) is 27.1 Å². The van der Waals surface area contributed by atoms with Crippen LogP contribution in [0, 0.1) is 0 Å². The zero-order valence-electron chi connectivity index (χ0n) is 11.4. The Hall–Kier alpha value is -2.14. The summed E-state index contributed by atoms with van der Waals surface area (Å²) < 4.78 is 0. The van der Waals surface area contributed by atoms with E-state index >= 15 is 0 Å². The monoisotopic (exact) mass is 273 g/mol. The second-order valence-electron chi connectivity index (χ2n) is 4.91. The number of amides is 1. The topological polar surface area (TPSA) is 92.0 Å². The highest BCUT2D eigenvalue weighted by molar-refractivity contribution is 5.90. The molecule has 0 aliphatic rings. The van der Waals surface area contributed by atoms with Crippen LogP contribution in [-0.2, 0) is 6.42 Å². The molecule has 0 radical (unpaired) electrons. The number of nitrogens with two attached hydrogens (primary N) is 1. The first-order chi connectivity index (χ1) is 9.58. The van der Waals surface area contributed by atoms with E-state index in [0.717, 1.165) is 12.8 Å². The van der Waals surface area contributed by atoms with Gasteiger partial charge in [-0.3, -0.25) is 4.79 Å². The molecule has 1 aromatic heterocycles. The third-order valence-electron chi connectivity index (χ3n) is 3.37. The molecule has 1 amide bonds. The predicted octanol–water partition coefficient (Wildman–Crippen LogP) is 1.61. The number of primary amides is 1. The van der Waals surface area contributed by atoms with E-state index in [1.165, 1.54) is 11.8 Å². The number of aliphatic hydroxyl groups is 1. The van der Waals surface area contributed by atoms with Crippen molar-refractivity contribution in [3.8, 4) is 0 Å². The van der Waals surface area contributed by atoms with Crippen LogP contribution in [0.5, 0.6) is 0 Å². The SMILES string of the molecule is C[C@H](O)[C@H](CCc1ccccc1)c1nc(C(N)=O)c[nH]1. The summed E-state index contributed by atoms with van der Waals surface area (Å²) in [6.45, 7) is 1.72. The molecule has 5 heteroatoms. The van der Waals surface area contributed by atoms with Gasteiger partial charge >= 0.3 is 0 Å². The molecule has 2 atom stereocenters. The Balaban J connectivity index is 2.08. The summed E-state index contributed by atoms with van der Waals surface area (Å²) in [5.74, 6) is -0.118. The summed E-state index contributed by atoms with van der Waals surface area (Å²) in [6, 6.07) is 10.1. The van der Waals surface area contributed by atoms with Gasteiger partial charge in [-0.1, -0.05) is 30.3 Å². The number of aromatic amines is 1. The Morgan fingerprint density at radius 2 is 2.10 bits per heavy atom. The van der Waals surface area contributed by atoms with Gasteiger partial charge in [0.15, 0.2) is 0 Å². The molecule has 0 unspecified atom stereocenters. The Bertz CT molecular complexity index is 564. The fourth-order valence-corrected chi connectivity index (χ4v) is 2.23. The summed E-state index contributed by atoms with van der Waals surface area (Å²) in [6.07, 6.45) is 2.51. The van der Waals surface area contributed by atoms with Crippen LogP contribution in [0.3, 0.4) is 0 Å². The number of rotatable bonds is 6. The van der Waals surface area contributed by atoms with E-state index < -0.39 is 12.0 Å². The van der Waals surface area contributed by atoms with Crippen molar-refractivity contribution in [1.82, 2.24) is 9.97 Å². The maximum absolute atomic E-state index is 11.1. The van der Waals surface area contributed by atoms with Gasteiger partial charge in [0.1, 0.15) is 11.5 Å². The molecule has 0 saturated heterocycles. The third kappa shape index (κ3) is 3.45. The number of carbonyl (C=O) groups is 1. The van der Waals surface area contributed by atoms with Gasteiger partial charge in [0.2, 0.25) is 0 Å². The summed E-state index contributed by atoms with van der Waals surface area (Å²) in [5, 5.41) is 9.92. The molecular formula is C15H19N3O2. The van der Waals surface area contributed by atoms with Gasteiger partial charge in [0, 0.05) is 12.1 Å². The van der Waals surface area contributed by atoms with Crippen LogP contribution in [0.25, 0.3) is 0 Å². The highest BCUT2D eigenvalue weighted by Crippen LogP contribution is 2.23. The fourth-order valence-electron chi connectivity index (χ4n) is 2.23. The van der Waals surface area contributed by atoms with E-state index in [1.807, 2.05) is 18.2 Å². The second-order valence-corrected chi connectivity index (χ2v) is 4.91. The first kappa shape index (κ1) is 14.3. The van der Waals surface area contributed by atoms with Crippen molar-refractivity contribution >= 4 is 5.91 Å². The number of hydrogen-bond acceptors (Lipinski definition) is 3. The van der Waals surface area contributed by atoms with E-state index in [2.05, 4.69) is 22.1 Å². The molecule has 2 rings (SSSR count). The van der Waals surface area contributed by atoms with Crippen molar-refractivity contribution in [3.63, 3.8) is 0 Å². The molecule has 0 aliphatic carbocycles. The number of imidazole rings is 1. The number of aliphatic hydroxyl groups excluding tert-OH is 1. The minimum atomic E-state index is -0.570. The van der Waals surface area contributed by atoms with Crippen LogP contribution in [0.4, 0.5) is 0 Å². The van der Waals surface area contributed by atoms with Crippen molar-refractivity contribution in [2.75, 3.05) is 0 Å². The van der Waals surface area contributed by atoms with Crippen LogP contribution >= 0.6 is 0 Å². The van der Waals surface area contributed by atoms with Crippen LogP contribution < -0.4 is 5.73 Å². The van der Waals surface area contributed by atoms with Crippen LogP contribution in [0.15, 0.2) is 36.5 Å². The van der Waals surface area contributed by atoms with E-state index in [0.29, 0.717) is 5.82 Å². The average molecular weight is 273 g/mol. The van der Waals surface area contributed by atoms with Gasteiger partial charge in [0.05, 0.1) is 6.10 Å². The predicted molar refractivity (Wildman–Crippen MR) is 76.3 cm³/mol. The van der Waals surface area contributed by atoms with Crippen molar-refractivity contribution < 1.29 is 9.90 Å². The molecule has 0 bridgehead atoms. The van der Waals surface area contributed by atoms with Crippen LogP contribution in [0.1, 0.15) is 41.1 Å². The van der Waals surface area contributed by atoms with Crippen molar-refractivity contribution in [3.05, 3.63) is 53.6 Å². The maximum atomic E-state index is 11.1. The maximum Gasteiger partial charge on any atom is 0.268 e. The lowest BCUT2D eigenvalue weighted by atomic mass is 9.94. The molecule has 5 nitrogen and oxygen atoms in total. The number of nitrogens with zero attached hydrogens (tertiary/aromatic N) is 1. The van der Waals surface area contributed by atoms with Gasteiger partial charge in [-0.05, 0) is 25.3 Å². The van der Waals surface area contributed by atoms with E-state index in [4.69, 9.17) is 5.73 Å². The molecule has 20 heavy (non-hydrogen) atoms. The lowest BCUT2D eigenvalue weighted by molar-refractivity contribution is 0.0995. The molecule has 106 valence electrons. The molecule has 4 N–H and O–H groups in total. The Morgan fingerprint density at radius 1 is 1.40 bits per heavy atom. The fraction of sp³-hybridized carbons (Fsp3) is 0.333. The quantitative estimate of drug-likeness (QED) is 0.746. The second kappa shape index (κ2) is 6.34. The summed E-state index contributed by atoms with van der Waals surface area (Å²) >= 11 is 0. The number of H-pyrrole nitrogens is 1. The van der Waals surface area contributed by atoms with E-state index in [1.54, 1.807) is 6.92 Å². The summed E-state index contributed by atoms with van der Waals surface area (Å²) in [5.41, 5.74) is 6.59. The summed E-state index contributed by atoms with van der Waals surface area (Å²) in [7, 11) is 0. The van der Waals surface area contributed by atoms with Crippen molar-refractivity contribution in [1.29, 1.82) is 0 Å². The standard InChI is InChI=1S/C15H19N3O2/c1-10(19)12(8-7-11-5-3-2-4-6-11)15-17-9-13(18-15)14(16)20/h2-6,9-10,12,19H,7-8H2,1H3,(H2,16,20)(H,17,18)/t10-,12-/m0/s1. The first-order valence-electron chi connectivity index (χ1n) is 6.65. The lowest BCUT2D eigenvalue weighted by Crippen LogP contribution is -2.18. The molecule has 0 saturated carbocycles. The minimum absolute atomic E-state index is 0.150. The van der Waals surface area contributed by atoms with Crippen LogP contribution in [0.2, 0.25) is 0 Å². The normalized spacial score (nSPS) is 13.9. The number of benzene rings is 1. The Morgan fingerprint density at radius 3 is 2.65 bits per heavy atom. The smallest absolute Gasteiger partial charge is 0.268 e. The molecule has 2 aromatic rings. The number of aromatic nitrogens is 2. The summed E-state index contributed by atoms with van der Waals surface area (Å²) in [4.78, 5) is 18.1. The number of nitrogens with one attached hydrogen (secondary N) is 1.